The van der Waals surface area contributed by atoms with Crippen LogP contribution in [0.25, 0.3) is 0 Å². The van der Waals surface area contributed by atoms with Crippen LogP contribution in [0.5, 0.6) is 5.75 Å². The van der Waals surface area contributed by atoms with Gasteiger partial charge in [-0.3, -0.25) is 0 Å². The molecule has 1 aromatic rings. The van der Waals surface area contributed by atoms with Gasteiger partial charge in [0.25, 0.3) is 0 Å². The van der Waals surface area contributed by atoms with E-state index >= 15 is 0 Å². The molecule has 1 fully saturated rings. The molecule has 0 atom stereocenters. The van der Waals surface area contributed by atoms with Crippen molar-refractivity contribution in [3.63, 3.8) is 0 Å². The zero-order chi connectivity index (χ0) is 11.1. The van der Waals surface area contributed by atoms with Crippen molar-refractivity contribution in [1.82, 2.24) is 0 Å². The van der Waals surface area contributed by atoms with Gasteiger partial charge in [-0.1, -0.05) is 0 Å². The Hall–Kier alpha value is -1.39. The zero-order valence-corrected chi connectivity index (χ0v) is 7.84. The maximum atomic E-state index is 11.9. The van der Waals surface area contributed by atoms with Crippen LogP contribution in [0.3, 0.4) is 0 Å². The summed E-state index contributed by atoms with van der Waals surface area (Å²) in [4.78, 5) is 0. The SMILES string of the molecule is Nc1ccc(OC(F)(F)F)cc1C1CC1. The smallest absolute Gasteiger partial charge is 0.406 e. The topological polar surface area (TPSA) is 35.2 Å². The highest BCUT2D eigenvalue weighted by Crippen LogP contribution is 2.44. The highest BCUT2D eigenvalue weighted by Gasteiger charge is 2.32. The van der Waals surface area contributed by atoms with E-state index in [-0.39, 0.29) is 5.75 Å². The van der Waals surface area contributed by atoms with E-state index in [0.717, 1.165) is 18.4 Å². The Morgan fingerprint density at radius 3 is 2.47 bits per heavy atom. The monoisotopic (exact) mass is 217 g/mol. The fourth-order valence-electron chi connectivity index (χ4n) is 1.50. The molecule has 0 aliphatic heterocycles. The largest absolute Gasteiger partial charge is 0.573 e. The standard InChI is InChI=1S/C10H10F3NO/c11-10(12,13)15-7-3-4-9(14)8(5-7)6-1-2-6/h3-6H,1-2,14H2. The van der Waals surface area contributed by atoms with Crippen molar-refractivity contribution in [2.45, 2.75) is 25.1 Å². The lowest BCUT2D eigenvalue weighted by molar-refractivity contribution is -0.274. The fourth-order valence-corrected chi connectivity index (χ4v) is 1.50. The van der Waals surface area contributed by atoms with Gasteiger partial charge in [-0.05, 0) is 42.5 Å². The van der Waals surface area contributed by atoms with Crippen molar-refractivity contribution in [2.75, 3.05) is 5.73 Å². The summed E-state index contributed by atoms with van der Waals surface area (Å²) in [6.45, 7) is 0. The van der Waals surface area contributed by atoms with Crippen molar-refractivity contribution >= 4 is 5.69 Å². The summed E-state index contributed by atoms with van der Waals surface area (Å²) in [5.74, 6) is 0.111. The third-order valence-electron chi connectivity index (χ3n) is 2.31. The Balaban J connectivity index is 2.22. The van der Waals surface area contributed by atoms with Crippen molar-refractivity contribution in [3.05, 3.63) is 23.8 Å². The normalized spacial score (nSPS) is 16.5. The van der Waals surface area contributed by atoms with Crippen molar-refractivity contribution in [1.29, 1.82) is 0 Å². The van der Waals surface area contributed by atoms with E-state index in [1.54, 1.807) is 0 Å². The van der Waals surface area contributed by atoms with E-state index in [9.17, 15) is 13.2 Å². The number of alkyl halides is 3. The van der Waals surface area contributed by atoms with Gasteiger partial charge in [-0.2, -0.15) is 0 Å². The van der Waals surface area contributed by atoms with Crippen molar-refractivity contribution < 1.29 is 17.9 Å². The molecular weight excluding hydrogens is 207 g/mol. The predicted molar refractivity (Wildman–Crippen MR) is 49.5 cm³/mol. The lowest BCUT2D eigenvalue weighted by Crippen LogP contribution is -2.17. The number of anilines is 1. The first-order valence-electron chi connectivity index (χ1n) is 4.61. The maximum Gasteiger partial charge on any atom is 0.573 e. The van der Waals surface area contributed by atoms with Crippen LogP contribution in [0.1, 0.15) is 24.3 Å². The molecule has 2 nitrogen and oxygen atoms in total. The molecule has 5 heteroatoms. The summed E-state index contributed by atoms with van der Waals surface area (Å²) < 4.78 is 39.6. The first kappa shape index (κ1) is 10.1. The van der Waals surface area contributed by atoms with Crippen LogP contribution < -0.4 is 10.5 Å². The number of halogens is 3. The van der Waals surface area contributed by atoms with Gasteiger partial charge in [0, 0.05) is 5.69 Å². The summed E-state index contributed by atoms with van der Waals surface area (Å²) in [5.41, 5.74) is 6.95. The Bertz CT molecular complexity index is 371. The minimum atomic E-state index is -4.64. The third kappa shape index (κ3) is 2.55. The number of benzene rings is 1. The van der Waals surface area contributed by atoms with E-state index in [2.05, 4.69) is 4.74 Å². The number of nitrogen functional groups attached to an aromatic ring is 1. The molecule has 1 saturated carbocycles. The summed E-state index contributed by atoms with van der Waals surface area (Å²) in [6.07, 6.45) is -2.67. The van der Waals surface area contributed by atoms with Gasteiger partial charge in [0.2, 0.25) is 0 Å². The fraction of sp³-hybridized carbons (Fsp3) is 0.400. The number of hydrogen-bond donors (Lipinski definition) is 1. The number of hydrogen-bond acceptors (Lipinski definition) is 2. The van der Waals surface area contributed by atoms with Crippen LogP contribution in [0.15, 0.2) is 18.2 Å². The third-order valence-corrected chi connectivity index (χ3v) is 2.31. The summed E-state index contributed by atoms with van der Waals surface area (Å²) >= 11 is 0. The van der Waals surface area contributed by atoms with Gasteiger partial charge in [0.05, 0.1) is 0 Å². The molecule has 1 aliphatic carbocycles. The molecule has 0 saturated heterocycles. The van der Waals surface area contributed by atoms with E-state index < -0.39 is 6.36 Å². The molecule has 0 aromatic heterocycles. The quantitative estimate of drug-likeness (QED) is 0.772. The number of rotatable bonds is 2. The molecule has 1 aromatic carbocycles. The summed E-state index contributed by atoms with van der Waals surface area (Å²) in [6, 6.07) is 4.06. The Kier molecular flexibility index (Phi) is 2.25. The molecule has 0 radical (unpaired) electrons. The van der Waals surface area contributed by atoms with Gasteiger partial charge < -0.3 is 10.5 Å². The summed E-state index contributed by atoms with van der Waals surface area (Å²) in [7, 11) is 0. The second-order valence-corrected chi connectivity index (χ2v) is 3.61. The first-order chi connectivity index (χ1) is 6.96. The van der Waals surface area contributed by atoms with E-state index in [0.29, 0.717) is 11.6 Å². The van der Waals surface area contributed by atoms with Gasteiger partial charge >= 0.3 is 6.36 Å². The van der Waals surface area contributed by atoms with E-state index in [4.69, 9.17) is 5.73 Å². The highest BCUT2D eigenvalue weighted by atomic mass is 19.4. The maximum absolute atomic E-state index is 11.9. The lowest BCUT2D eigenvalue weighted by atomic mass is 10.1. The molecular formula is C10H10F3NO. The van der Waals surface area contributed by atoms with Crippen LogP contribution >= 0.6 is 0 Å². The van der Waals surface area contributed by atoms with Gasteiger partial charge in [-0.25, -0.2) is 0 Å². The average Bonchev–Trinajstić information content (AvgIpc) is 2.88. The van der Waals surface area contributed by atoms with Crippen LogP contribution in [0.4, 0.5) is 18.9 Å². The first-order valence-corrected chi connectivity index (χ1v) is 4.61. The van der Waals surface area contributed by atoms with E-state index in [1.807, 2.05) is 0 Å². The molecule has 15 heavy (non-hydrogen) atoms. The van der Waals surface area contributed by atoms with Crippen LogP contribution in [0.2, 0.25) is 0 Å². The molecule has 0 unspecified atom stereocenters. The molecule has 1 aliphatic rings. The van der Waals surface area contributed by atoms with Crippen molar-refractivity contribution in [2.24, 2.45) is 0 Å². The lowest BCUT2D eigenvalue weighted by Gasteiger charge is -2.11. The molecule has 82 valence electrons. The van der Waals surface area contributed by atoms with Crippen LogP contribution in [0, 0.1) is 0 Å². The molecule has 2 rings (SSSR count). The highest BCUT2D eigenvalue weighted by molar-refractivity contribution is 5.53. The Morgan fingerprint density at radius 2 is 1.93 bits per heavy atom. The average molecular weight is 217 g/mol. The molecule has 0 bridgehead atoms. The van der Waals surface area contributed by atoms with Gasteiger partial charge in [0.1, 0.15) is 5.75 Å². The molecule has 0 amide bonds. The zero-order valence-electron chi connectivity index (χ0n) is 7.84. The Morgan fingerprint density at radius 1 is 1.27 bits per heavy atom. The summed E-state index contributed by atoms with van der Waals surface area (Å²) in [5, 5.41) is 0. The van der Waals surface area contributed by atoms with Crippen LogP contribution in [-0.2, 0) is 0 Å². The van der Waals surface area contributed by atoms with Gasteiger partial charge in [-0.15, -0.1) is 13.2 Å². The molecule has 0 heterocycles. The second-order valence-electron chi connectivity index (χ2n) is 3.61. The predicted octanol–water partition coefficient (Wildman–Crippen LogP) is 3.04. The minimum absolute atomic E-state index is 0.196. The molecule has 2 N–H and O–H groups in total. The second kappa shape index (κ2) is 3.32. The number of ether oxygens (including phenoxy) is 1. The van der Waals surface area contributed by atoms with Crippen molar-refractivity contribution in [3.8, 4) is 5.75 Å². The minimum Gasteiger partial charge on any atom is -0.406 e. The molecule has 0 spiro atoms. The van der Waals surface area contributed by atoms with Gasteiger partial charge in [0.15, 0.2) is 0 Å². The van der Waals surface area contributed by atoms with Crippen LogP contribution in [-0.4, -0.2) is 6.36 Å². The van der Waals surface area contributed by atoms with E-state index in [1.165, 1.54) is 18.2 Å². The number of nitrogens with two attached hydrogens (primary N) is 1. The Labute approximate surface area is 84.8 Å².